The molecule has 0 aliphatic rings. The summed E-state index contributed by atoms with van der Waals surface area (Å²) in [6, 6.07) is 0. The molecule has 0 saturated carbocycles. The van der Waals surface area contributed by atoms with E-state index in [1.54, 1.807) is 0 Å². The van der Waals surface area contributed by atoms with Crippen molar-refractivity contribution in [2.24, 2.45) is 0 Å². The van der Waals surface area contributed by atoms with Crippen molar-refractivity contribution in [3.63, 3.8) is 0 Å². The summed E-state index contributed by atoms with van der Waals surface area (Å²) in [5.74, 6) is 0. The molecule has 0 radical (unpaired) electrons. The maximum Gasteiger partial charge on any atom is 0.0794 e. The van der Waals surface area contributed by atoms with Gasteiger partial charge in [0.15, 0.2) is 0 Å². The first-order chi connectivity index (χ1) is 8.24. The Bertz CT molecular complexity index is 125. The topological polar surface area (TPSA) is 0 Å². The van der Waals surface area contributed by atoms with Crippen LogP contribution in [0.4, 0.5) is 0 Å². The fourth-order valence-electron chi connectivity index (χ4n) is 2.45. The molecule has 0 aromatic heterocycles. The number of alkyl halides is 2. The Morgan fingerprint density at radius 3 is 1.29 bits per heavy atom. The van der Waals surface area contributed by atoms with Gasteiger partial charge in [-0.3, -0.25) is 0 Å². The third kappa shape index (κ3) is 9.03. The second-order valence-corrected chi connectivity index (χ2v) is 7.19. The fourth-order valence-corrected chi connectivity index (χ4v) is 3.13. The van der Waals surface area contributed by atoms with Crippen LogP contribution in [-0.4, -0.2) is 39.5 Å². The van der Waals surface area contributed by atoms with Gasteiger partial charge in [-0.2, -0.15) is 0 Å². The summed E-state index contributed by atoms with van der Waals surface area (Å²) in [5, 5.41) is 0. The molecule has 0 atom stereocenters. The molecule has 0 fully saturated rings. The third-order valence-electron chi connectivity index (χ3n) is 3.50. The van der Waals surface area contributed by atoms with Crippen LogP contribution in [0.1, 0.15) is 52.4 Å². The average molecular weight is 466 g/mol. The van der Waals surface area contributed by atoms with Crippen molar-refractivity contribution in [2.75, 3.05) is 35.0 Å². The molecule has 104 valence electrons. The zero-order valence-electron chi connectivity index (χ0n) is 11.7. The number of unbranched alkanes of at least 4 members (excludes halogenated alkanes) is 2. The predicted molar refractivity (Wildman–Crippen MR) is 96.6 cm³/mol. The van der Waals surface area contributed by atoms with E-state index in [0.29, 0.717) is 0 Å². The molecule has 0 aliphatic carbocycles. The molecule has 0 rings (SSSR count). The highest BCUT2D eigenvalue weighted by atomic mass is 127. The molecular weight excluding hydrogens is 436 g/mol. The molecule has 0 bridgehead atoms. The molecule has 0 aromatic rings. The molecule has 1 nitrogen and oxygen atoms in total. The minimum atomic E-state index is 1.32. The second-order valence-electron chi connectivity index (χ2n) is 5.03. The van der Waals surface area contributed by atoms with Gasteiger partial charge in [0.2, 0.25) is 0 Å². The summed E-state index contributed by atoms with van der Waals surface area (Å²) in [4.78, 5) is 0. The maximum absolute atomic E-state index is 2.53. The summed E-state index contributed by atoms with van der Waals surface area (Å²) in [5.41, 5.74) is 0. The molecule has 0 amide bonds. The van der Waals surface area contributed by atoms with Crippen LogP contribution in [0.3, 0.4) is 0 Å². The summed E-state index contributed by atoms with van der Waals surface area (Å²) >= 11 is 5.06. The van der Waals surface area contributed by atoms with E-state index in [-0.39, 0.29) is 0 Å². The van der Waals surface area contributed by atoms with Crippen LogP contribution in [-0.2, 0) is 0 Å². The van der Waals surface area contributed by atoms with E-state index in [9.17, 15) is 0 Å². The van der Waals surface area contributed by atoms with Crippen molar-refractivity contribution < 1.29 is 4.48 Å². The van der Waals surface area contributed by atoms with E-state index in [2.05, 4.69) is 59.0 Å². The quantitative estimate of drug-likeness (QED) is 0.215. The molecule has 3 heteroatoms. The van der Waals surface area contributed by atoms with Crippen molar-refractivity contribution >= 4 is 45.2 Å². The summed E-state index contributed by atoms with van der Waals surface area (Å²) in [6.07, 6.45) is 8.31. The Kier molecular flexibility index (Phi) is 13.5. The molecule has 0 heterocycles. The van der Waals surface area contributed by atoms with Crippen LogP contribution in [0, 0.1) is 0 Å². The Morgan fingerprint density at radius 1 is 0.647 bits per heavy atom. The molecule has 0 unspecified atom stereocenters. The zero-order chi connectivity index (χ0) is 13.0. The van der Waals surface area contributed by atoms with Gasteiger partial charge < -0.3 is 4.48 Å². The molecule has 0 N–H and O–H groups in total. The van der Waals surface area contributed by atoms with Gasteiger partial charge in [-0.15, -0.1) is 0 Å². The van der Waals surface area contributed by atoms with E-state index in [0.717, 1.165) is 0 Å². The third-order valence-corrected chi connectivity index (χ3v) is 5.03. The van der Waals surface area contributed by atoms with Gasteiger partial charge >= 0.3 is 0 Å². The largest absolute Gasteiger partial charge is 0.324 e. The van der Waals surface area contributed by atoms with Crippen molar-refractivity contribution in [3.05, 3.63) is 0 Å². The van der Waals surface area contributed by atoms with Gasteiger partial charge in [0.25, 0.3) is 0 Å². The Labute approximate surface area is 136 Å². The molecule has 0 saturated heterocycles. The number of nitrogens with zero attached hydrogens (tertiary/aromatic N) is 1. The van der Waals surface area contributed by atoms with Crippen molar-refractivity contribution in [2.45, 2.75) is 52.4 Å². The van der Waals surface area contributed by atoms with Crippen LogP contribution >= 0.6 is 45.2 Å². The van der Waals surface area contributed by atoms with Gasteiger partial charge in [0.1, 0.15) is 0 Å². The van der Waals surface area contributed by atoms with Gasteiger partial charge in [-0.25, -0.2) is 0 Å². The average Bonchev–Trinajstić information content (AvgIpc) is 2.37. The van der Waals surface area contributed by atoms with E-state index in [1.165, 1.54) is 78.0 Å². The Hall–Kier alpha value is 1.42. The lowest BCUT2D eigenvalue weighted by Gasteiger charge is -2.39. The molecule has 0 aromatic carbocycles. The normalized spacial score (nSPS) is 12.0. The van der Waals surface area contributed by atoms with E-state index in [1.807, 2.05) is 0 Å². The van der Waals surface area contributed by atoms with Crippen LogP contribution in [0.5, 0.6) is 0 Å². The smallest absolute Gasteiger partial charge is 0.0794 e. The number of rotatable bonds is 12. The lowest BCUT2D eigenvalue weighted by atomic mass is 10.1. The Morgan fingerprint density at radius 2 is 1.00 bits per heavy atom. The standard InChI is InChI=1S/C14H30I2N/c1-3-5-11-17(12-6-4-2,13-7-9-15)14-8-10-16/h3-14H2,1-2H3/q+1. The van der Waals surface area contributed by atoms with Gasteiger partial charge in [-0.05, 0) is 12.8 Å². The molecule has 0 aliphatic heterocycles. The summed E-state index contributed by atoms with van der Waals surface area (Å²) in [7, 11) is 0. The minimum Gasteiger partial charge on any atom is -0.324 e. The van der Waals surface area contributed by atoms with Crippen molar-refractivity contribution in [1.29, 1.82) is 0 Å². The molecular formula is C14H30I2N+. The summed E-state index contributed by atoms with van der Waals surface area (Å²) in [6.45, 7) is 10.3. The molecule has 17 heavy (non-hydrogen) atoms. The van der Waals surface area contributed by atoms with E-state index in [4.69, 9.17) is 0 Å². The van der Waals surface area contributed by atoms with Crippen LogP contribution in [0.2, 0.25) is 0 Å². The maximum atomic E-state index is 2.53. The first-order valence-electron chi connectivity index (χ1n) is 7.21. The summed E-state index contributed by atoms with van der Waals surface area (Å²) < 4.78 is 4.05. The van der Waals surface area contributed by atoms with Crippen molar-refractivity contribution in [3.8, 4) is 0 Å². The van der Waals surface area contributed by atoms with Crippen LogP contribution in [0.25, 0.3) is 0 Å². The highest BCUT2D eigenvalue weighted by Crippen LogP contribution is 2.16. The van der Waals surface area contributed by atoms with Crippen molar-refractivity contribution in [1.82, 2.24) is 0 Å². The number of hydrogen-bond acceptors (Lipinski definition) is 0. The molecule has 0 spiro atoms. The number of hydrogen-bond donors (Lipinski definition) is 0. The van der Waals surface area contributed by atoms with E-state index < -0.39 is 0 Å². The number of halogens is 2. The van der Waals surface area contributed by atoms with E-state index >= 15 is 0 Å². The lowest BCUT2D eigenvalue weighted by molar-refractivity contribution is -0.928. The van der Waals surface area contributed by atoms with Gasteiger partial charge in [0.05, 0.1) is 26.2 Å². The van der Waals surface area contributed by atoms with Gasteiger partial charge in [0, 0.05) is 21.7 Å². The predicted octanol–water partition coefficient (Wildman–Crippen LogP) is 5.05. The highest BCUT2D eigenvalue weighted by molar-refractivity contribution is 14.1. The lowest BCUT2D eigenvalue weighted by Crippen LogP contribution is -2.51. The van der Waals surface area contributed by atoms with Gasteiger partial charge in [-0.1, -0.05) is 71.9 Å². The zero-order valence-corrected chi connectivity index (χ0v) is 16.0. The highest BCUT2D eigenvalue weighted by Gasteiger charge is 2.24. The first kappa shape index (κ1) is 18.4. The number of quaternary nitrogens is 1. The fraction of sp³-hybridized carbons (Fsp3) is 1.00. The Balaban J connectivity index is 4.39. The first-order valence-corrected chi connectivity index (χ1v) is 10.3. The second kappa shape index (κ2) is 12.5. The van der Waals surface area contributed by atoms with Crippen LogP contribution < -0.4 is 0 Å². The minimum absolute atomic E-state index is 1.32. The van der Waals surface area contributed by atoms with Crippen LogP contribution in [0.15, 0.2) is 0 Å². The monoisotopic (exact) mass is 466 g/mol. The SMILES string of the molecule is CCCC[N+](CCCC)(CCCI)CCCI.